The normalized spacial score (nSPS) is 10.8. The summed E-state index contributed by atoms with van der Waals surface area (Å²) >= 11 is 0. The van der Waals surface area contributed by atoms with Gasteiger partial charge in [-0.25, -0.2) is 4.98 Å². The summed E-state index contributed by atoms with van der Waals surface area (Å²) in [5.74, 6) is 0.898. The molecular formula is C13H15N3O. The van der Waals surface area contributed by atoms with Crippen molar-refractivity contribution in [1.82, 2.24) is 15.0 Å². The molecule has 1 N–H and O–H groups in total. The molecule has 0 aliphatic heterocycles. The molecule has 17 heavy (non-hydrogen) atoms. The van der Waals surface area contributed by atoms with E-state index in [4.69, 9.17) is 0 Å². The third-order valence-electron chi connectivity index (χ3n) is 2.48. The summed E-state index contributed by atoms with van der Waals surface area (Å²) in [5.41, 5.74) is 2.47. The Kier molecular flexibility index (Phi) is 3.04. The zero-order chi connectivity index (χ0) is 12.4. The molecule has 0 unspecified atom stereocenters. The van der Waals surface area contributed by atoms with E-state index in [1.165, 1.54) is 6.07 Å². The molecule has 0 bridgehead atoms. The highest BCUT2D eigenvalue weighted by atomic mass is 16.1. The average Bonchev–Trinajstić information content (AvgIpc) is 2.28. The highest BCUT2D eigenvalue weighted by molar-refractivity contribution is 5.58. The Morgan fingerprint density at radius 3 is 2.65 bits per heavy atom. The van der Waals surface area contributed by atoms with Gasteiger partial charge < -0.3 is 4.98 Å². The summed E-state index contributed by atoms with van der Waals surface area (Å²) in [6.45, 7) is 5.96. The third kappa shape index (κ3) is 2.58. The lowest BCUT2D eigenvalue weighted by Gasteiger charge is -2.07. The number of aryl methyl sites for hydroxylation is 1. The van der Waals surface area contributed by atoms with Gasteiger partial charge in [-0.15, -0.1) is 0 Å². The van der Waals surface area contributed by atoms with Crippen molar-refractivity contribution in [2.75, 3.05) is 0 Å². The van der Waals surface area contributed by atoms with Crippen LogP contribution in [0.1, 0.15) is 31.2 Å². The maximum absolute atomic E-state index is 11.6. The Hall–Kier alpha value is -1.97. The number of aromatic nitrogens is 3. The molecule has 2 rings (SSSR count). The van der Waals surface area contributed by atoms with E-state index >= 15 is 0 Å². The first-order valence-corrected chi connectivity index (χ1v) is 5.59. The molecule has 0 aliphatic rings. The molecule has 0 saturated carbocycles. The van der Waals surface area contributed by atoms with Gasteiger partial charge in [0, 0.05) is 29.9 Å². The van der Waals surface area contributed by atoms with Crippen molar-refractivity contribution in [3.05, 3.63) is 46.3 Å². The molecule has 0 aromatic carbocycles. The molecule has 88 valence electrons. The molecule has 0 atom stereocenters. The Bertz CT molecular complexity index is 587. The lowest BCUT2D eigenvalue weighted by atomic mass is 10.1. The predicted molar refractivity (Wildman–Crippen MR) is 66.9 cm³/mol. The van der Waals surface area contributed by atoms with Gasteiger partial charge in [-0.2, -0.15) is 0 Å². The first-order chi connectivity index (χ1) is 8.06. The van der Waals surface area contributed by atoms with Gasteiger partial charge in [-0.1, -0.05) is 13.8 Å². The van der Waals surface area contributed by atoms with Gasteiger partial charge in [0.2, 0.25) is 0 Å². The summed E-state index contributed by atoms with van der Waals surface area (Å²) in [6.07, 6.45) is 3.50. The number of nitrogens with one attached hydrogen (secondary N) is 1. The van der Waals surface area contributed by atoms with Crippen molar-refractivity contribution in [3.8, 4) is 11.3 Å². The summed E-state index contributed by atoms with van der Waals surface area (Å²) in [5, 5.41) is 0. The smallest absolute Gasteiger partial charge is 0.251 e. The van der Waals surface area contributed by atoms with Crippen molar-refractivity contribution < 1.29 is 0 Å². The van der Waals surface area contributed by atoms with Crippen LogP contribution >= 0.6 is 0 Å². The van der Waals surface area contributed by atoms with Crippen molar-refractivity contribution in [3.63, 3.8) is 0 Å². The van der Waals surface area contributed by atoms with Crippen LogP contribution in [0.2, 0.25) is 0 Å². The van der Waals surface area contributed by atoms with Gasteiger partial charge in [0.1, 0.15) is 5.82 Å². The second kappa shape index (κ2) is 4.49. The number of rotatable bonds is 2. The first kappa shape index (κ1) is 11.5. The van der Waals surface area contributed by atoms with E-state index in [1.807, 2.05) is 26.8 Å². The first-order valence-electron chi connectivity index (χ1n) is 5.59. The predicted octanol–water partition coefficient (Wildman–Crippen LogP) is 2.26. The zero-order valence-electron chi connectivity index (χ0n) is 10.2. The van der Waals surface area contributed by atoms with Crippen LogP contribution < -0.4 is 5.56 Å². The minimum Gasteiger partial charge on any atom is -0.310 e. The van der Waals surface area contributed by atoms with Crippen LogP contribution in [0.4, 0.5) is 0 Å². The van der Waals surface area contributed by atoms with Crippen molar-refractivity contribution >= 4 is 0 Å². The molecule has 2 aromatic heterocycles. The van der Waals surface area contributed by atoms with E-state index in [0.717, 1.165) is 11.1 Å². The zero-order valence-corrected chi connectivity index (χ0v) is 10.2. The molecule has 0 spiro atoms. The Balaban J connectivity index is 2.56. The Morgan fingerprint density at radius 2 is 2.00 bits per heavy atom. The highest BCUT2D eigenvalue weighted by Gasteiger charge is 2.07. The summed E-state index contributed by atoms with van der Waals surface area (Å²) in [7, 11) is 0. The minimum atomic E-state index is -0.125. The lowest BCUT2D eigenvalue weighted by molar-refractivity contribution is 0.768. The maximum atomic E-state index is 11.6. The van der Waals surface area contributed by atoms with Crippen molar-refractivity contribution in [2.24, 2.45) is 0 Å². The maximum Gasteiger partial charge on any atom is 0.251 e. The average molecular weight is 229 g/mol. The number of pyridine rings is 1. The summed E-state index contributed by atoms with van der Waals surface area (Å²) in [6, 6.07) is 3.47. The third-order valence-corrected chi connectivity index (χ3v) is 2.48. The highest BCUT2D eigenvalue weighted by Crippen LogP contribution is 2.17. The van der Waals surface area contributed by atoms with Crippen LogP contribution in [0, 0.1) is 6.92 Å². The Labute approximate surface area is 99.8 Å². The molecule has 0 saturated heterocycles. The molecule has 4 nitrogen and oxygen atoms in total. The SMILES string of the molecule is Cc1cncc(-c2cc(=O)[nH]c(C(C)C)n2)c1. The largest absolute Gasteiger partial charge is 0.310 e. The summed E-state index contributed by atoms with van der Waals surface area (Å²) in [4.78, 5) is 22.9. The Morgan fingerprint density at radius 1 is 1.24 bits per heavy atom. The fourth-order valence-electron chi connectivity index (χ4n) is 1.59. The van der Waals surface area contributed by atoms with Gasteiger partial charge in [0.05, 0.1) is 5.69 Å². The van der Waals surface area contributed by atoms with Crippen LogP contribution in [0.25, 0.3) is 11.3 Å². The van der Waals surface area contributed by atoms with Gasteiger partial charge in [0.25, 0.3) is 5.56 Å². The van der Waals surface area contributed by atoms with E-state index in [-0.39, 0.29) is 11.5 Å². The number of nitrogens with zero attached hydrogens (tertiary/aromatic N) is 2. The molecule has 2 aromatic rings. The number of hydrogen-bond acceptors (Lipinski definition) is 3. The molecule has 4 heteroatoms. The second-order valence-corrected chi connectivity index (χ2v) is 4.42. The van der Waals surface area contributed by atoms with E-state index in [2.05, 4.69) is 15.0 Å². The van der Waals surface area contributed by atoms with E-state index in [0.29, 0.717) is 11.5 Å². The van der Waals surface area contributed by atoms with Crippen LogP contribution in [-0.2, 0) is 0 Å². The monoisotopic (exact) mass is 229 g/mol. The van der Waals surface area contributed by atoms with Crippen LogP contribution in [0.15, 0.2) is 29.3 Å². The fraction of sp³-hybridized carbons (Fsp3) is 0.308. The van der Waals surface area contributed by atoms with Crippen molar-refractivity contribution in [1.29, 1.82) is 0 Å². The van der Waals surface area contributed by atoms with Crippen molar-refractivity contribution in [2.45, 2.75) is 26.7 Å². The minimum absolute atomic E-state index is 0.125. The van der Waals surface area contributed by atoms with E-state index in [1.54, 1.807) is 12.4 Å². The molecule has 0 fully saturated rings. The number of H-pyrrole nitrogens is 1. The van der Waals surface area contributed by atoms with Crippen LogP contribution in [0.3, 0.4) is 0 Å². The van der Waals surface area contributed by atoms with E-state index < -0.39 is 0 Å². The van der Waals surface area contributed by atoms with Crippen LogP contribution in [0.5, 0.6) is 0 Å². The molecule has 2 heterocycles. The number of aromatic amines is 1. The lowest BCUT2D eigenvalue weighted by Crippen LogP contribution is -2.12. The molecule has 0 amide bonds. The molecule has 0 aliphatic carbocycles. The van der Waals surface area contributed by atoms with Gasteiger partial charge in [-0.05, 0) is 18.6 Å². The standard InChI is InChI=1S/C13H15N3O/c1-8(2)13-15-11(5-12(17)16-13)10-4-9(3)6-14-7-10/h4-8H,1-3H3,(H,15,16,17). The van der Waals surface area contributed by atoms with Gasteiger partial charge in [0.15, 0.2) is 0 Å². The fourth-order valence-corrected chi connectivity index (χ4v) is 1.59. The topological polar surface area (TPSA) is 58.6 Å². The van der Waals surface area contributed by atoms with Crippen LogP contribution in [-0.4, -0.2) is 15.0 Å². The van der Waals surface area contributed by atoms with Gasteiger partial charge >= 0.3 is 0 Å². The quantitative estimate of drug-likeness (QED) is 0.859. The second-order valence-electron chi connectivity index (χ2n) is 4.42. The summed E-state index contributed by atoms with van der Waals surface area (Å²) < 4.78 is 0. The molecule has 0 radical (unpaired) electrons. The molecular weight excluding hydrogens is 214 g/mol. The van der Waals surface area contributed by atoms with Gasteiger partial charge in [-0.3, -0.25) is 9.78 Å². The van der Waals surface area contributed by atoms with E-state index in [9.17, 15) is 4.79 Å². The number of hydrogen-bond donors (Lipinski definition) is 1.